The Bertz CT molecular complexity index is 525. The number of carbonyl (C=O) groups is 2. The number of esters is 1. The number of halogens is 2. The number of likely N-dealkylation sites (N-methyl/N-ethyl adjacent to an activating group) is 1. The van der Waals surface area contributed by atoms with Crippen LogP contribution in [0, 0.1) is 5.92 Å². The number of benzene rings is 1. The number of methoxy groups -OCH3 is 1. The topological polar surface area (TPSA) is 58.6 Å². The van der Waals surface area contributed by atoms with E-state index in [0.717, 1.165) is 4.47 Å². The van der Waals surface area contributed by atoms with Crippen molar-refractivity contribution in [1.82, 2.24) is 4.90 Å². The summed E-state index contributed by atoms with van der Waals surface area (Å²) in [5.41, 5.74) is 0.555. The molecule has 7 heteroatoms. The van der Waals surface area contributed by atoms with Gasteiger partial charge in [0.2, 0.25) is 5.91 Å². The minimum Gasteiger partial charge on any atom is -0.469 e. The first kappa shape index (κ1) is 17.9. The van der Waals surface area contributed by atoms with Crippen LogP contribution < -0.4 is 5.32 Å². The summed E-state index contributed by atoms with van der Waals surface area (Å²) in [7, 11) is 3.11. The van der Waals surface area contributed by atoms with Gasteiger partial charge in [0.1, 0.15) is 0 Å². The van der Waals surface area contributed by atoms with Crippen molar-refractivity contribution < 1.29 is 14.3 Å². The maximum absolute atomic E-state index is 11.9. The van der Waals surface area contributed by atoms with Crippen LogP contribution in [0.4, 0.5) is 5.69 Å². The zero-order valence-corrected chi connectivity index (χ0v) is 14.5. The molecule has 0 radical (unpaired) electrons. The maximum atomic E-state index is 11.9. The average molecular weight is 378 g/mol. The molecule has 1 N–H and O–H groups in total. The van der Waals surface area contributed by atoms with Crippen molar-refractivity contribution in [3.8, 4) is 0 Å². The molecule has 0 aromatic heterocycles. The van der Waals surface area contributed by atoms with Gasteiger partial charge in [0, 0.05) is 11.0 Å². The van der Waals surface area contributed by atoms with Crippen molar-refractivity contribution in [1.29, 1.82) is 0 Å². The van der Waals surface area contributed by atoms with E-state index in [1.165, 1.54) is 7.11 Å². The van der Waals surface area contributed by atoms with Crippen LogP contribution in [0.25, 0.3) is 0 Å². The molecule has 1 unspecified atom stereocenters. The van der Waals surface area contributed by atoms with Crippen LogP contribution in [0.5, 0.6) is 0 Å². The molecular formula is C14H18BrClN2O3. The Balaban J connectivity index is 2.51. The molecule has 1 rings (SSSR count). The van der Waals surface area contributed by atoms with Crippen molar-refractivity contribution in [2.24, 2.45) is 5.92 Å². The van der Waals surface area contributed by atoms with Crippen LogP contribution in [0.1, 0.15) is 6.92 Å². The third kappa shape index (κ3) is 6.03. The number of carbonyl (C=O) groups excluding carboxylic acids is 2. The normalized spacial score (nSPS) is 12.1. The van der Waals surface area contributed by atoms with Gasteiger partial charge in [-0.1, -0.05) is 34.5 Å². The van der Waals surface area contributed by atoms with Gasteiger partial charge < -0.3 is 10.1 Å². The molecule has 5 nitrogen and oxygen atoms in total. The lowest BCUT2D eigenvalue weighted by Crippen LogP contribution is -2.35. The molecule has 0 heterocycles. The van der Waals surface area contributed by atoms with Crippen molar-refractivity contribution in [2.75, 3.05) is 32.6 Å². The summed E-state index contributed by atoms with van der Waals surface area (Å²) in [6.45, 7) is 2.35. The minimum atomic E-state index is -0.293. The van der Waals surface area contributed by atoms with Crippen LogP contribution in [0.2, 0.25) is 5.02 Å². The lowest BCUT2D eigenvalue weighted by molar-refractivity contribution is -0.145. The van der Waals surface area contributed by atoms with E-state index in [4.69, 9.17) is 11.6 Å². The van der Waals surface area contributed by atoms with E-state index in [1.807, 2.05) is 0 Å². The fraction of sp³-hybridized carbons (Fsp3) is 0.429. The Morgan fingerprint density at radius 3 is 2.71 bits per heavy atom. The highest BCUT2D eigenvalue weighted by Gasteiger charge is 2.17. The number of hydrogen-bond donors (Lipinski definition) is 1. The van der Waals surface area contributed by atoms with E-state index in [-0.39, 0.29) is 24.3 Å². The maximum Gasteiger partial charge on any atom is 0.309 e. The summed E-state index contributed by atoms with van der Waals surface area (Å²) >= 11 is 9.34. The Morgan fingerprint density at radius 2 is 2.14 bits per heavy atom. The van der Waals surface area contributed by atoms with Gasteiger partial charge in [-0.3, -0.25) is 14.5 Å². The number of nitrogens with one attached hydrogen (secondary N) is 1. The number of amides is 1. The Hall–Kier alpha value is -1.11. The summed E-state index contributed by atoms with van der Waals surface area (Å²) in [6.07, 6.45) is 0. The standard InChI is InChI=1S/C14H18BrClN2O3/c1-9(14(20)21-3)7-18(2)8-13(19)17-12-5-4-10(15)6-11(12)16/h4-6,9H,7-8H2,1-3H3,(H,17,19). The SMILES string of the molecule is COC(=O)C(C)CN(C)CC(=O)Nc1ccc(Br)cc1Cl. The van der Waals surface area contributed by atoms with E-state index in [1.54, 1.807) is 37.1 Å². The van der Waals surface area contributed by atoms with Gasteiger partial charge in [0.25, 0.3) is 0 Å². The van der Waals surface area contributed by atoms with Gasteiger partial charge in [-0.2, -0.15) is 0 Å². The number of hydrogen-bond acceptors (Lipinski definition) is 4. The molecule has 0 aliphatic carbocycles. The van der Waals surface area contributed by atoms with Crippen LogP contribution in [-0.4, -0.2) is 44.0 Å². The fourth-order valence-corrected chi connectivity index (χ4v) is 2.55. The van der Waals surface area contributed by atoms with E-state index in [0.29, 0.717) is 17.3 Å². The number of ether oxygens (including phenoxy) is 1. The first-order valence-corrected chi connectivity index (χ1v) is 7.52. The zero-order valence-electron chi connectivity index (χ0n) is 12.2. The monoisotopic (exact) mass is 376 g/mol. The summed E-state index contributed by atoms with van der Waals surface area (Å²) in [6, 6.07) is 5.23. The molecule has 116 valence electrons. The molecule has 1 aromatic rings. The number of rotatable bonds is 6. The second kappa shape index (κ2) is 8.36. The molecule has 21 heavy (non-hydrogen) atoms. The van der Waals surface area contributed by atoms with Gasteiger partial charge >= 0.3 is 5.97 Å². The summed E-state index contributed by atoms with van der Waals surface area (Å²) < 4.78 is 5.49. The smallest absolute Gasteiger partial charge is 0.309 e. The Morgan fingerprint density at radius 1 is 1.48 bits per heavy atom. The minimum absolute atomic E-state index is 0.160. The van der Waals surface area contributed by atoms with E-state index < -0.39 is 0 Å². The molecule has 0 aliphatic heterocycles. The van der Waals surface area contributed by atoms with Crippen molar-refractivity contribution in [3.05, 3.63) is 27.7 Å². The number of nitrogens with zero attached hydrogens (tertiary/aromatic N) is 1. The molecule has 1 amide bonds. The van der Waals surface area contributed by atoms with E-state index in [2.05, 4.69) is 26.0 Å². The molecule has 1 atom stereocenters. The summed E-state index contributed by atoms with van der Waals surface area (Å²) in [4.78, 5) is 25.0. The van der Waals surface area contributed by atoms with Crippen LogP contribution in [0.15, 0.2) is 22.7 Å². The summed E-state index contributed by atoms with van der Waals surface area (Å²) in [5.74, 6) is -0.777. The predicted octanol–water partition coefficient (Wildman–Crippen LogP) is 2.78. The highest BCUT2D eigenvalue weighted by molar-refractivity contribution is 9.10. The molecule has 1 aromatic carbocycles. The first-order chi connectivity index (χ1) is 9.83. The van der Waals surface area contributed by atoms with E-state index in [9.17, 15) is 9.59 Å². The van der Waals surface area contributed by atoms with Crippen molar-refractivity contribution >= 4 is 45.1 Å². The van der Waals surface area contributed by atoms with Gasteiger partial charge in [0.05, 0.1) is 30.3 Å². The van der Waals surface area contributed by atoms with Gasteiger partial charge in [-0.15, -0.1) is 0 Å². The lowest BCUT2D eigenvalue weighted by Gasteiger charge is -2.19. The largest absolute Gasteiger partial charge is 0.469 e. The Labute approximate surface area is 137 Å². The first-order valence-electron chi connectivity index (χ1n) is 6.34. The average Bonchev–Trinajstić information content (AvgIpc) is 2.40. The van der Waals surface area contributed by atoms with Gasteiger partial charge in [-0.25, -0.2) is 0 Å². The highest BCUT2D eigenvalue weighted by Crippen LogP contribution is 2.25. The second-order valence-corrected chi connectivity index (χ2v) is 6.12. The van der Waals surface area contributed by atoms with Crippen LogP contribution in [0.3, 0.4) is 0 Å². The molecule has 0 fully saturated rings. The number of anilines is 1. The fourth-order valence-electron chi connectivity index (χ4n) is 1.83. The molecule has 0 spiro atoms. The lowest BCUT2D eigenvalue weighted by atomic mass is 10.2. The molecule has 0 saturated carbocycles. The molecular weight excluding hydrogens is 360 g/mol. The quantitative estimate of drug-likeness (QED) is 0.775. The van der Waals surface area contributed by atoms with Crippen LogP contribution >= 0.6 is 27.5 Å². The van der Waals surface area contributed by atoms with Gasteiger partial charge in [0.15, 0.2) is 0 Å². The van der Waals surface area contributed by atoms with Crippen LogP contribution in [-0.2, 0) is 14.3 Å². The van der Waals surface area contributed by atoms with Crippen molar-refractivity contribution in [2.45, 2.75) is 6.92 Å². The Kier molecular flexibility index (Phi) is 7.14. The van der Waals surface area contributed by atoms with Crippen molar-refractivity contribution in [3.63, 3.8) is 0 Å². The molecule has 0 saturated heterocycles. The third-order valence-electron chi connectivity index (χ3n) is 2.81. The zero-order chi connectivity index (χ0) is 16.0. The second-order valence-electron chi connectivity index (χ2n) is 4.79. The third-order valence-corrected chi connectivity index (χ3v) is 3.61. The van der Waals surface area contributed by atoms with Gasteiger partial charge in [-0.05, 0) is 25.2 Å². The molecule has 0 bridgehead atoms. The van der Waals surface area contributed by atoms with E-state index >= 15 is 0 Å². The predicted molar refractivity (Wildman–Crippen MR) is 86.5 cm³/mol. The summed E-state index contributed by atoms with van der Waals surface area (Å²) in [5, 5.41) is 3.20. The highest BCUT2D eigenvalue weighted by atomic mass is 79.9. The molecule has 0 aliphatic rings.